The number of carbonyl (C=O) groups excluding carboxylic acids is 1. The molecule has 0 aromatic rings. The Morgan fingerprint density at radius 2 is 2.24 bits per heavy atom. The van der Waals surface area contributed by atoms with Gasteiger partial charge in [0.1, 0.15) is 0 Å². The molecule has 2 bridgehead atoms. The molecule has 0 aliphatic heterocycles. The molecule has 2 aliphatic carbocycles. The SMILES string of the molecule is CCCC(N)CNC(=O)CC1CC2CCC1C2. The minimum atomic E-state index is 0.129. The van der Waals surface area contributed by atoms with Crippen molar-refractivity contribution in [2.75, 3.05) is 6.54 Å². The van der Waals surface area contributed by atoms with E-state index in [1.807, 2.05) is 0 Å². The maximum Gasteiger partial charge on any atom is 0.220 e. The number of carbonyl (C=O) groups is 1. The third-order valence-corrected chi connectivity index (χ3v) is 4.55. The summed E-state index contributed by atoms with van der Waals surface area (Å²) in [6, 6.07) is 0.129. The predicted octanol–water partition coefficient (Wildman–Crippen LogP) is 2.06. The van der Waals surface area contributed by atoms with Crippen LogP contribution >= 0.6 is 0 Å². The molecule has 0 aromatic carbocycles. The van der Waals surface area contributed by atoms with Crippen LogP contribution in [0.15, 0.2) is 0 Å². The minimum Gasteiger partial charge on any atom is -0.355 e. The van der Waals surface area contributed by atoms with Crippen LogP contribution in [0.4, 0.5) is 0 Å². The fourth-order valence-electron chi connectivity index (χ4n) is 3.65. The summed E-state index contributed by atoms with van der Waals surface area (Å²) in [7, 11) is 0. The highest BCUT2D eigenvalue weighted by molar-refractivity contribution is 5.76. The first-order valence-electron chi connectivity index (χ1n) is 7.21. The Hall–Kier alpha value is -0.570. The van der Waals surface area contributed by atoms with Crippen LogP contribution < -0.4 is 11.1 Å². The van der Waals surface area contributed by atoms with Gasteiger partial charge >= 0.3 is 0 Å². The molecule has 2 fully saturated rings. The zero-order chi connectivity index (χ0) is 12.3. The lowest BCUT2D eigenvalue weighted by Crippen LogP contribution is -2.38. The highest BCUT2D eigenvalue weighted by Crippen LogP contribution is 2.49. The van der Waals surface area contributed by atoms with E-state index in [0.717, 1.165) is 31.1 Å². The second-order valence-electron chi connectivity index (χ2n) is 5.99. The average molecular weight is 238 g/mol. The molecule has 1 amide bonds. The van der Waals surface area contributed by atoms with E-state index in [-0.39, 0.29) is 11.9 Å². The first-order chi connectivity index (χ1) is 8.19. The zero-order valence-corrected chi connectivity index (χ0v) is 11.0. The summed E-state index contributed by atoms with van der Waals surface area (Å²) in [5.74, 6) is 2.65. The van der Waals surface area contributed by atoms with E-state index < -0.39 is 0 Å². The Morgan fingerprint density at radius 3 is 2.82 bits per heavy atom. The molecular weight excluding hydrogens is 212 g/mol. The Bertz CT molecular complexity index is 267. The normalized spacial score (nSPS) is 32.7. The molecule has 0 spiro atoms. The van der Waals surface area contributed by atoms with Gasteiger partial charge in [-0.15, -0.1) is 0 Å². The van der Waals surface area contributed by atoms with Gasteiger partial charge in [-0.05, 0) is 43.4 Å². The van der Waals surface area contributed by atoms with Crippen molar-refractivity contribution in [2.24, 2.45) is 23.5 Å². The summed E-state index contributed by atoms with van der Waals surface area (Å²) in [6.45, 7) is 2.77. The number of rotatable bonds is 6. The highest BCUT2D eigenvalue weighted by Gasteiger charge is 2.39. The van der Waals surface area contributed by atoms with Gasteiger partial charge < -0.3 is 11.1 Å². The molecule has 0 saturated heterocycles. The lowest BCUT2D eigenvalue weighted by Gasteiger charge is -2.21. The summed E-state index contributed by atoms with van der Waals surface area (Å²) >= 11 is 0. The van der Waals surface area contributed by atoms with Crippen LogP contribution in [0.3, 0.4) is 0 Å². The van der Waals surface area contributed by atoms with E-state index in [0.29, 0.717) is 12.5 Å². The fourth-order valence-corrected chi connectivity index (χ4v) is 3.65. The summed E-state index contributed by atoms with van der Waals surface area (Å²) in [6.07, 6.45) is 8.26. The number of hydrogen-bond acceptors (Lipinski definition) is 2. The molecule has 3 N–H and O–H groups in total. The molecule has 17 heavy (non-hydrogen) atoms. The standard InChI is InChI=1S/C14H26N2O/c1-2-3-13(15)9-16-14(17)8-12-7-10-4-5-11(12)6-10/h10-13H,2-9,15H2,1H3,(H,16,17). The van der Waals surface area contributed by atoms with Crippen molar-refractivity contribution in [3.05, 3.63) is 0 Å². The molecular formula is C14H26N2O. The van der Waals surface area contributed by atoms with E-state index in [2.05, 4.69) is 12.2 Å². The van der Waals surface area contributed by atoms with Gasteiger partial charge in [-0.25, -0.2) is 0 Å². The summed E-state index contributed by atoms with van der Waals surface area (Å²) in [4.78, 5) is 11.8. The molecule has 3 nitrogen and oxygen atoms in total. The molecule has 0 heterocycles. The van der Waals surface area contributed by atoms with Gasteiger partial charge in [0.05, 0.1) is 0 Å². The molecule has 0 radical (unpaired) electrons. The average Bonchev–Trinajstić information content (AvgIpc) is 2.88. The van der Waals surface area contributed by atoms with Crippen molar-refractivity contribution in [3.63, 3.8) is 0 Å². The second-order valence-corrected chi connectivity index (χ2v) is 5.99. The quantitative estimate of drug-likeness (QED) is 0.744. The third kappa shape index (κ3) is 3.44. The van der Waals surface area contributed by atoms with Crippen LogP contribution in [-0.2, 0) is 4.79 Å². The Kier molecular flexibility index (Phi) is 4.43. The molecule has 4 atom stereocenters. The number of nitrogens with two attached hydrogens (primary N) is 1. The first-order valence-corrected chi connectivity index (χ1v) is 7.21. The molecule has 2 rings (SSSR count). The van der Waals surface area contributed by atoms with Gasteiger partial charge in [0, 0.05) is 19.0 Å². The first kappa shape index (κ1) is 12.9. The molecule has 3 heteroatoms. The van der Waals surface area contributed by atoms with Crippen molar-refractivity contribution in [1.29, 1.82) is 0 Å². The molecule has 98 valence electrons. The fraction of sp³-hybridized carbons (Fsp3) is 0.929. The number of fused-ring (bicyclic) bond motifs is 2. The van der Waals surface area contributed by atoms with Crippen molar-refractivity contribution in [3.8, 4) is 0 Å². The Morgan fingerprint density at radius 1 is 1.41 bits per heavy atom. The van der Waals surface area contributed by atoms with Crippen LogP contribution in [-0.4, -0.2) is 18.5 Å². The van der Waals surface area contributed by atoms with Gasteiger partial charge in [0.25, 0.3) is 0 Å². The van der Waals surface area contributed by atoms with Crippen LogP contribution in [0.2, 0.25) is 0 Å². The van der Waals surface area contributed by atoms with Gasteiger partial charge in [-0.3, -0.25) is 4.79 Å². The summed E-state index contributed by atoms with van der Waals surface area (Å²) in [5.41, 5.74) is 5.89. The number of nitrogens with one attached hydrogen (secondary N) is 1. The van der Waals surface area contributed by atoms with E-state index in [9.17, 15) is 4.79 Å². The monoisotopic (exact) mass is 238 g/mol. The van der Waals surface area contributed by atoms with Crippen LogP contribution in [0.1, 0.15) is 51.9 Å². The maximum absolute atomic E-state index is 11.8. The van der Waals surface area contributed by atoms with Gasteiger partial charge in [0.15, 0.2) is 0 Å². The smallest absolute Gasteiger partial charge is 0.220 e. The molecule has 2 aliphatic rings. The van der Waals surface area contributed by atoms with E-state index in [1.165, 1.54) is 25.7 Å². The van der Waals surface area contributed by atoms with Gasteiger partial charge in [-0.1, -0.05) is 19.8 Å². The van der Waals surface area contributed by atoms with Crippen molar-refractivity contribution in [2.45, 2.75) is 57.9 Å². The van der Waals surface area contributed by atoms with E-state index in [4.69, 9.17) is 5.73 Å². The Labute approximate surface area is 105 Å². The predicted molar refractivity (Wildman–Crippen MR) is 69.4 cm³/mol. The Balaban J connectivity index is 1.64. The van der Waals surface area contributed by atoms with E-state index in [1.54, 1.807) is 0 Å². The number of amides is 1. The molecule has 4 unspecified atom stereocenters. The van der Waals surface area contributed by atoms with Crippen LogP contribution in [0.5, 0.6) is 0 Å². The second kappa shape index (κ2) is 5.85. The van der Waals surface area contributed by atoms with Crippen molar-refractivity contribution < 1.29 is 4.79 Å². The summed E-state index contributed by atoms with van der Waals surface area (Å²) < 4.78 is 0. The lowest BCUT2D eigenvalue weighted by atomic mass is 9.86. The lowest BCUT2D eigenvalue weighted by molar-refractivity contribution is -0.122. The van der Waals surface area contributed by atoms with Gasteiger partial charge in [0.2, 0.25) is 5.91 Å². The van der Waals surface area contributed by atoms with Crippen molar-refractivity contribution in [1.82, 2.24) is 5.32 Å². The van der Waals surface area contributed by atoms with Crippen LogP contribution in [0.25, 0.3) is 0 Å². The number of hydrogen-bond donors (Lipinski definition) is 2. The minimum absolute atomic E-state index is 0.129. The van der Waals surface area contributed by atoms with Crippen LogP contribution in [0, 0.1) is 17.8 Å². The molecule has 0 aromatic heterocycles. The van der Waals surface area contributed by atoms with E-state index >= 15 is 0 Å². The zero-order valence-electron chi connectivity index (χ0n) is 11.0. The maximum atomic E-state index is 11.8. The van der Waals surface area contributed by atoms with Gasteiger partial charge in [-0.2, -0.15) is 0 Å². The molecule has 2 saturated carbocycles. The highest BCUT2D eigenvalue weighted by atomic mass is 16.1. The third-order valence-electron chi connectivity index (χ3n) is 4.55. The van der Waals surface area contributed by atoms with Crippen molar-refractivity contribution >= 4 is 5.91 Å². The largest absolute Gasteiger partial charge is 0.355 e. The topological polar surface area (TPSA) is 55.1 Å². The summed E-state index contributed by atoms with van der Waals surface area (Å²) in [5, 5.41) is 2.99.